The first-order valence-corrected chi connectivity index (χ1v) is 11.3. The summed E-state index contributed by atoms with van der Waals surface area (Å²) in [6.07, 6.45) is 3.52. The quantitative estimate of drug-likeness (QED) is 0.392. The summed E-state index contributed by atoms with van der Waals surface area (Å²) < 4.78 is 29.3. The molecule has 0 aliphatic carbocycles. The number of carbonyl (C=O) groups is 1. The first-order valence-electron chi connectivity index (χ1n) is 9.83. The maximum absolute atomic E-state index is 13.2. The van der Waals surface area contributed by atoms with E-state index in [0.29, 0.717) is 36.5 Å². The number of benzene rings is 1. The molecule has 1 amide bonds. The Morgan fingerprint density at radius 2 is 1.81 bits per heavy atom. The van der Waals surface area contributed by atoms with Crippen molar-refractivity contribution in [3.63, 3.8) is 0 Å². The van der Waals surface area contributed by atoms with Crippen molar-refractivity contribution in [2.24, 2.45) is 7.05 Å². The van der Waals surface area contributed by atoms with Crippen LogP contribution in [0.25, 0.3) is 6.08 Å². The summed E-state index contributed by atoms with van der Waals surface area (Å²) in [5.74, 6) is -0.230. The number of non-ortho nitro benzene ring substituents is 1. The lowest BCUT2D eigenvalue weighted by Crippen LogP contribution is -2.37. The minimum atomic E-state index is -3.70. The van der Waals surface area contributed by atoms with Gasteiger partial charge in [0.1, 0.15) is 4.90 Å². The fourth-order valence-corrected chi connectivity index (χ4v) is 5.46. The predicted octanol–water partition coefficient (Wildman–Crippen LogP) is 1.88. The first-order chi connectivity index (χ1) is 14.6. The van der Waals surface area contributed by atoms with Gasteiger partial charge in [0.2, 0.25) is 15.9 Å². The molecule has 1 aliphatic rings. The van der Waals surface area contributed by atoms with Gasteiger partial charge in [0.25, 0.3) is 5.69 Å². The zero-order valence-electron chi connectivity index (χ0n) is 17.7. The Kier molecular flexibility index (Phi) is 6.56. The zero-order valence-corrected chi connectivity index (χ0v) is 18.5. The van der Waals surface area contributed by atoms with Crippen LogP contribution >= 0.6 is 0 Å². The third-order valence-electron chi connectivity index (χ3n) is 5.33. The third-order valence-corrected chi connectivity index (χ3v) is 7.48. The standard InChI is InChI=1S/C20H25N5O5S/c1-15-20(16(2)22(3)21-15)31(29,30)24-12-4-11-23(13-14-24)19(26)10-7-17-5-8-18(9-6-17)25(27)28/h5-10H,4,11-14H2,1-3H3/b10-7+. The Bertz CT molecular complexity index is 1120. The number of hydrogen-bond acceptors (Lipinski definition) is 6. The van der Waals surface area contributed by atoms with Crippen molar-refractivity contribution in [2.45, 2.75) is 25.2 Å². The molecule has 10 nitrogen and oxygen atoms in total. The fraction of sp³-hybridized carbons (Fsp3) is 0.400. The molecule has 0 radical (unpaired) electrons. The van der Waals surface area contributed by atoms with Crippen LogP contribution in [0.5, 0.6) is 0 Å². The molecule has 166 valence electrons. The molecule has 2 aromatic rings. The number of nitro groups is 1. The van der Waals surface area contributed by atoms with Gasteiger partial charge in [-0.05, 0) is 44.0 Å². The molecule has 1 fully saturated rings. The summed E-state index contributed by atoms with van der Waals surface area (Å²) in [6.45, 7) is 4.65. The Morgan fingerprint density at radius 3 is 2.39 bits per heavy atom. The molecule has 11 heteroatoms. The average Bonchev–Trinajstić information content (AvgIpc) is 2.90. The fourth-order valence-electron chi connectivity index (χ4n) is 3.59. The summed E-state index contributed by atoms with van der Waals surface area (Å²) in [7, 11) is -1.99. The molecule has 0 atom stereocenters. The minimum absolute atomic E-state index is 0.0172. The lowest BCUT2D eigenvalue weighted by molar-refractivity contribution is -0.384. The van der Waals surface area contributed by atoms with E-state index in [1.54, 1.807) is 48.7 Å². The van der Waals surface area contributed by atoms with Gasteiger partial charge in [-0.3, -0.25) is 19.6 Å². The average molecular weight is 448 g/mol. The van der Waals surface area contributed by atoms with Crippen LogP contribution in [0.2, 0.25) is 0 Å². The monoisotopic (exact) mass is 447 g/mol. The number of sulfonamides is 1. The molecule has 0 spiro atoms. The summed E-state index contributed by atoms with van der Waals surface area (Å²) >= 11 is 0. The molecular formula is C20H25N5O5S. The Labute approximate surface area is 181 Å². The molecule has 0 bridgehead atoms. The van der Waals surface area contributed by atoms with Crippen LogP contribution in [0.4, 0.5) is 5.69 Å². The van der Waals surface area contributed by atoms with Crippen LogP contribution in [0.15, 0.2) is 35.2 Å². The maximum Gasteiger partial charge on any atom is 0.269 e. The smallest absolute Gasteiger partial charge is 0.269 e. The van der Waals surface area contributed by atoms with Crippen LogP contribution in [0.1, 0.15) is 23.4 Å². The lowest BCUT2D eigenvalue weighted by atomic mass is 10.2. The molecule has 1 aromatic carbocycles. The van der Waals surface area contributed by atoms with Crippen molar-refractivity contribution >= 4 is 27.7 Å². The van der Waals surface area contributed by atoms with Gasteiger partial charge >= 0.3 is 0 Å². The van der Waals surface area contributed by atoms with E-state index in [1.165, 1.54) is 22.5 Å². The first kappa shape index (κ1) is 22.6. The Morgan fingerprint density at radius 1 is 1.13 bits per heavy atom. The van der Waals surface area contributed by atoms with E-state index in [1.807, 2.05) is 0 Å². The van der Waals surface area contributed by atoms with Crippen LogP contribution in [0, 0.1) is 24.0 Å². The van der Waals surface area contributed by atoms with Gasteiger partial charge in [-0.2, -0.15) is 9.40 Å². The second-order valence-electron chi connectivity index (χ2n) is 7.39. The van der Waals surface area contributed by atoms with E-state index in [0.717, 1.165) is 0 Å². The number of rotatable bonds is 5. The minimum Gasteiger partial charge on any atom is -0.338 e. The molecule has 3 rings (SSSR count). The maximum atomic E-state index is 13.2. The van der Waals surface area contributed by atoms with Gasteiger partial charge in [0.15, 0.2) is 0 Å². The molecule has 1 saturated heterocycles. The van der Waals surface area contributed by atoms with E-state index >= 15 is 0 Å². The second-order valence-corrected chi connectivity index (χ2v) is 9.26. The second kappa shape index (κ2) is 8.98. The highest BCUT2D eigenvalue weighted by Crippen LogP contribution is 2.24. The summed E-state index contributed by atoms with van der Waals surface area (Å²) in [5.41, 5.74) is 1.70. The van der Waals surface area contributed by atoms with E-state index in [-0.39, 0.29) is 29.6 Å². The van der Waals surface area contributed by atoms with Crippen molar-refractivity contribution in [3.8, 4) is 0 Å². The van der Waals surface area contributed by atoms with E-state index in [9.17, 15) is 23.3 Å². The molecule has 2 heterocycles. The number of aryl methyl sites for hydroxylation is 2. The highest BCUT2D eigenvalue weighted by atomic mass is 32.2. The van der Waals surface area contributed by atoms with E-state index in [4.69, 9.17) is 0 Å². The Balaban J connectivity index is 1.68. The summed E-state index contributed by atoms with van der Waals surface area (Å²) in [4.78, 5) is 24.7. The molecule has 0 N–H and O–H groups in total. The number of nitrogens with zero attached hydrogens (tertiary/aromatic N) is 5. The van der Waals surface area contributed by atoms with E-state index < -0.39 is 14.9 Å². The number of carbonyl (C=O) groups excluding carboxylic acids is 1. The molecule has 0 unspecified atom stereocenters. The number of nitro benzene ring substituents is 1. The Hall–Kier alpha value is -3.05. The number of hydrogen-bond donors (Lipinski definition) is 0. The van der Waals surface area contributed by atoms with Crippen molar-refractivity contribution in [1.82, 2.24) is 19.0 Å². The van der Waals surface area contributed by atoms with Crippen LogP contribution in [-0.2, 0) is 21.9 Å². The zero-order chi connectivity index (χ0) is 22.8. The van der Waals surface area contributed by atoms with Gasteiger partial charge in [-0.15, -0.1) is 0 Å². The topological polar surface area (TPSA) is 119 Å². The molecule has 0 saturated carbocycles. The summed E-state index contributed by atoms with van der Waals surface area (Å²) in [6, 6.07) is 5.89. The van der Waals surface area contributed by atoms with Crippen LogP contribution < -0.4 is 0 Å². The van der Waals surface area contributed by atoms with Crippen molar-refractivity contribution in [2.75, 3.05) is 26.2 Å². The van der Waals surface area contributed by atoms with Gasteiger partial charge in [0, 0.05) is 51.4 Å². The van der Waals surface area contributed by atoms with Crippen LogP contribution in [0.3, 0.4) is 0 Å². The van der Waals surface area contributed by atoms with E-state index in [2.05, 4.69) is 5.10 Å². The highest BCUT2D eigenvalue weighted by molar-refractivity contribution is 7.89. The van der Waals surface area contributed by atoms with Crippen molar-refractivity contribution < 1.29 is 18.1 Å². The van der Waals surface area contributed by atoms with Gasteiger partial charge in [-0.1, -0.05) is 0 Å². The largest absolute Gasteiger partial charge is 0.338 e. The lowest BCUT2D eigenvalue weighted by Gasteiger charge is -2.21. The SMILES string of the molecule is Cc1nn(C)c(C)c1S(=O)(=O)N1CCCN(C(=O)/C=C/c2ccc([N+](=O)[O-])cc2)CC1. The molecule has 1 aliphatic heterocycles. The molecule has 31 heavy (non-hydrogen) atoms. The third kappa shape index (κ3) is 4.83. The van der Waals surface area contributed by atoms with Gasteiger partial charge < -0.3 is 4.90 Å². The van der Waals surface area contributed by atoms with Gasteiger partial charge in [-0.25, -0.2) is 8.42 Å². The summed E-state index contributed by atoms with van der Waals surface area (Å²) in [5, 5.41) is 14.9. The molecular weight excluding hydrogens is 422 g/mol. The highest BCUT2D eigenvalue weighted by Gasteiger charge is 2.32. The van der Waals surface area contributed by atoms with Crippen molar-refractivity contribution in [1.29, 1.82) is 0 Å². The molecule has 1 aromatic heterocycles. The predicted molar refractivity (Wildman–Crippen MR) is 115 cm³/mol. The van der Waals surface area contributed by atoms with Crippen LogP contribution in [-0.4, -0.2) is 64.4 Å². The normalized spacial score (nSPS) is 15.9. The van der Waals surface area contributed by atoms with Gasteiger partial charge in [0.05, 0.1) is 16.3 Å². The number of aromatic nitrogens is 2. The van der Waals surface area contributed by atoms with Crippen molar-refractivity contribution in [3.05, 3.63) is 57.4 Å². The number of amides is 1.